The molecule has 0 aliphatic carbocycles. The Hall–Kier alpha value is -0.0900. The first kappa shape index (κ1) is 23.0. The number of hydrogen-bond donors (Lipinski definition) is 2. The number of ether oxygens (including phenoxy) is 1. The van der Waals surface area contributed by atoms with Crippen LogP contribution in [0.25, 0.3) is 0 Å². The molecule has 0 aromatic heterocycles. The number of guanidine groups is 1. The van der Waals surface area contributed by atoms with Gasteiger partial charge in [-0.3, -0.25) is 4.99 Å². The van der Waals surface area contributed by atoms with Crippen molar-refractivity contribution in [3.63, 3.8) is 0 Å². The maximum absolute atomic E-state index is 11.6. The van der Waals surface area contributed by atoms with Gasteiger partial charge in [0, 0.05) is 25.7 Å². The van der Waals surface area contributed by atoms with Gasteiger partial charge >= 0.3 is 0 Å². The second kappa shape index (κ2) is 9.73. The first-order valence-corrected chi connectivity index (χ1v) is 10.9. The third kappa shape index (κ3) is 7.58. The third-order valence-electron chi connectivity index (χ3n) is 4.77. The second-order valence-electron chi connectivity index (χ2n) is 8.08. The molecule has 0 spiro atoms. The van der Waals surface area contributed by atoms with E-state index in [1.165, 1.54) is 0 Å². The first-order chi connectivity index (χ1) is 11.2. The van der Waals surface area contributed by atoms with Crippen LogP contribution in [0.5, 0.6) is 0 Å². The molecule has 3 atom stereocenters. The van der Waals surface area contributed by atoms with Crippen LogP contribution < -0.4 is 10.6 Å². The predicted molar refractivity (Wildman–Crippen MR) is 114 cm³/mol. The van der Waals surface area contributed by atoms with E-state index >= 15 is 0 Å². The van der Waals surface area contributed by atoms with Gasteiger partial charge in [0.15, 0.2) is 15.8 Å². The number of sulfone groups is 1. The summed E-state index contributed by atoms with van der Waals surface area (Å²) in [6.45, 7) is 10.8. The summed E-state index contributed by atoms with van der Waals surface area (Å²) in [6, 6.07) is 0.341. The summed E-state index contributed by atoms with van der Waals surface area (Å²) in [4.78, 5) is 4.63. The predicted octanol–water partition coefficient (Wildman–Crippen LogP) is 2.19. The standard InChI is InChI=1S/C17H33N3O3S.HI/c1-5-18-16(19-11-13-7-9-24(21,22)12-13)20-14-6-8-23-15(10-14)17(2,3)4;/h13-15H,5-12H2,1-4H3,(H2,18,19,20);1H. The van der Waals surface area contributed by atoms with E-state index in [0.717, 1.165) is 38.4 Å². The van der Waals surface area contributed by atoms with E-state index in [9.17, 15) is 8.42 Å². The van der Waals surface area contributed by atoms with Crippen molar-refractivity contribution >= 4 is 39.8 Å². The number of hydrogen-bond acceptors (Lipinski definition) is 4. The number of nitrogens with one attached hydrogen (secondary N) is 2. The number of nitrogens with zero attached hydrogens (tertiary/aromatic N) is 1. The van der Waals surface area contributed by atoms with Gasteiger partial charge in [0.25, 0.3) is 0 Å². The van der Waals surface area contributed by atoms with Gasteiger partial charge in [-0.15, -0.1) is 24.0 Å². The van der Waals surface area contributed by atoms with Gasteiger partial charge in [0.1, 0.15) is 0 Å². The van der Waals surface area contributed by atoms with Crippen molar-refractivity contribution in [3.8, 4) is 0 Å². The highest BCUT2D eigenvalue weighted by atomic mass is 127. The smallest absolute Gasteiger partial charge is 0.191 e. The fourth-order valence-electron chi connectivity index (χ4n) is 3.28. The van der Waals surface area contributed by atoms with Gasteiger partial charge in [0.2, 0.25) is 0 Å². The molecule has 3 unspecified atom stereocenters. The van der Waals surface area contributed by atoms with E-state index in [2.05, 4.69) is 36.4 Å². The van der Waals surface area contributed by atoms with Crippen LogP contribution in [0.3, 0.4) is 0 Å². The molecular weight excluding hydrogens is 453 g/mol. The normalized spacial score (nSPS) is 29.8. The average molecular weight is 487 g/mol. The van der Waals surface area contributed by atoms with E-state index in [0.29, 0.717) is 18.3 Å². The molecule has 2 saturated heterocycles. The summed E-state index contributed by atoms with van der Waals surface area (Å²) >= 11 is 0. The number of rotatable bonds is 4. The van der Waals surface area contributed by atoms with Crippen LogP contribution >= 0.6 is 24.0 Å². The van der Waals surface area contributed by atoms with Gasteiger partial charge < -0.3 is 15.4 Å². The zero-order valence-electron chi connectivity index (χ0n) is 15.9. The first-order valence-electron chi connectivity index (χ1n) is 9.06. The van der Waals surface area contributed by atoms with Crippen molar-refractivity contribution < 1.29 is 13.2 Å². The molecule has 2 heterocycles. The zero-order chi connectivity index (χ0) is 17.8. The minimum Gasteiger partial charge on any atom is -0.378 e. The average Bonchev–Trinajstić information content (AvgIpc) is 2.84. The maximum Gasteiger partial charge on any atom is 0.191 e. The Balaban J connectivity index is 0.00000312. The molecule has 0 radical (unpaired) electrons. The Morgan fingerprint density at radius 3 is 2.56 bits per heavy atom. The van der Waals surface area contributed by atoms with Gasteiger partial charge in [-0.1, -0.05) is 20.8 Å². The number of halogens is 1. The van der Waals surface area contributed by atoms with Crippen molar-refractivity contribution in [2.75, 3.05) is 31.2 Å². The van der Waals surface area contributed by atoms with Crippen LogP contribution in [-0.4, -0.2) is 57.7 Å². The lowest BCUT2D eigenvalue weighted by Crippen LogP contribution is -2.49. The molecule has 8 heteroatoms. The molecular formula is C17H34IN3O3S. The van der Waals surface area contributed by atoms with Gasteiger partial charge in [-0.05, 0) is 37.5 Å². The number of aliphatic imine (C=N–C) groups is 1. The fourth-order valence-corrected chi connectivity index (χ4v) is 5.13. The molecule has 148 valence electrons. The molecule has 0 aromatic carbocycles. The largest absolute Gasteiger partial charge is 0.378 e. The van der Waals surface area contributed by atoms with E-state index in [4.69, 9.17) is 4.74 Å². The molecule has 2 aliphatic rings. The van der Waals surface area contributed by atoms with Crippen LogP contribution in [0.1, 0.15) is 47.0 Å². The molecule has 0 amide bonds. The summed E-state index contributed by atoms with van der Waals surface area (Å²) in [7, 11) is -2.83. The van der Waals surface area contributed by atoms with Gasteiger partial charge in [-0.25, -0.2) is 8.42 Å². The summed E-state index contributed by atoms with van der Waals surface area (Å²) < 4.78 is 29.0. The fraction of sp³-hybridized carbons (Fsp3) is 0.941. The maximum atomic E-state index is 11.6. The van der Waals surface area contributed by atoms with Gasteiger partial charge in [0.05, 0.1) is 17.6 Å². The second-order valence-corrected chi connectivity index (χ2v) is 10.3. The lowest BCUT2D eigenvalue weighted by molar-refractivity contribution is -0.0559. The Kier molecular flexibility index (Phi) is 8.93. The van der Waals surface area contributed by atoms with Crippen molar-refractivity contribution in [3.05, 3.63) is 0 Å². The molecule has 2 N–H and O–H groups in total. The highest BCUT2D eigenvalue weighted by Gasteiger charge is 2.32. The van der Waals surface area contributed by atoms with Crippen molar-refractivity contribution in [1.29, 1.82) is 0 Å². The quantitative estimate of drug-likeness (QED) is 0.361. The summed E-state index contributed by atoms with van der Waals surface area (Å²) in [5.41, 5.74) is 0.133. The van der Waals surface area contributed by atoms with Gasteiger partial charge in [-0.2, -0.15) is 0 Å². The summed E-state index contributed by atoms with van der Waals surface area (Å²) in [6.07, 6.45) is 2.90. The van der Waals surface area contributed by atoms with Crippen molar-refractivity contribution in [2.24, 2.45) is 16.3 Å². The molecule has 2 aliphatic heterocycles. The van der Waals surface area contributed by atoms with Crippen LogP contribution in [0.2, 0.25) is 0 Å². The Bertz CT molecular complexity index is 546. The molecule has 0 saturated carbocycles. The van der Waals surface area contributed by atoms with Crippen molar-refractivity contribution in [2.45, 2.75) is 59.1 Å². The minimum atomic E-state index is -2.83. The van der Waals surface area contributed by atoms with Crippen LogP contribution in [0, 0.1) is 11.3 Å². The molecule has 6 nitrogen and oxygen atoms in total. The molecule has 0 bridgehead atoms. The Morgan fingerprint density at radius 2 is 2.00 bits per heavy atom. The monoisotopic (exact) mass is 487 g/mol. The lowest BCUT2D eigenvalue weighted by Gasteiger charge is -2.38. The molecule has 25 heavy (non-hydrogen) atoms. The third-order valence-corrected chi connectivity index (χ3v) is 6.61. The SMILES string of the molecule is CCNC(=NCC1CCS(=O)(=O)C1)NC1CCOC(C(C)(C)C)C1.I. The van der Waals surface area contributed by atoms with Crippen LogP contribution in [0.4, 0.5) is 0 Å². The van der Waals surface area contributed by atoms with Crippen LogP contribution in [0.15, 0.2) is 4.99 Å². The Labute approximate surface area is 169 Å². The lowest BCUT2D eigenvalue weighted by atomic mass is 9.83. The van der Waals surface area contributed by atoms with Crippen LogP contribution in [-0.2, 0) is 14.6 Å². The summed E-state index contributed by atoms with van der Waals surface area (Å²) in [5, 5.41) is 6.79. The molecule has 2 rings (SSSR count). The van der Waals surface area contributed by atoms with E-state index in [1.54, 1.807) is 0 Å². The summed E-state index contributed by atoms with van der Waals surface area (Å²) in [5.74, 6) is 1.53. The molecule has 0 aromatic rings. The van der Waals surface area contributed by atoms with Crippen molar-refractivity contribution in [1.82, 2.24) is 10.6 Å². The topological polar surface area (TPSA) is 79.8 Å². The van der Waals surface area contributed by atoms with E-state index < -0.39 is 9.84 Å². The minimum absolute atomic E-state index is 0. The Morgan fingerprint density at radius 1 is 1.28 bits per heavy atom. The van der Waals surface area contributed by atoms with E-state index in [-0.39, 0.29) is 47.2 Å². The highest BCUT2D eigenvalue weighted by molar-refractivity contribution is 14.0. The van der Waals surface area contributed by atoms with E-state index in [1.807, 2.05) is 6.92 Å². The highest BCUT2D eigenvalue weighted by Crippen LogP contribution is 2.29. The zero-order valence-corrected chi connectivity index (χ0v) is 19.0. The molecule has 2 fully saturated rings.